The van der Waals surface area contributed by atoms with E-state index in [0.717, 1.165) is 31.6 Å². The van der Waals surface area contributed by atoms with Gasteiger partial charge in [-0.25, -0.2) is 4.39 Å². The molecule has 0 amide bonds. The van der Waals surface area contributed by atoms with E-state index < -0.39 is 6.10 Å². The van der Waals surface area contributed by atoms with Gasteiger partial charge in [-0.3, -0.25) is 0 Å². The van der Waals surface area contributed by atoms with Gasteiger partial charge in [0.25, 0.3) is 0 Å². The summed E-state index contributed by atoms with van der Waals surface area (Å²) in [5, 5.41) is 10.2. The fourth-order valence-electron chi connectivity index (χ4n) is 3.20. The third-order valence-corrected chi connectivity index (χ3v) is 4.99. The normalized spacial score (nSPS) is 20.2. The van der Waals surface area contributed by atoms with Crippen LogP contribution in [0.25, 0.3) is 0 Å². The van der Waals surface area contributed by atoms with Gasteiger partial charge in [-0.05, 0) is 55.3 Å². The summed E-state index contributed by atoms with van der Waals surface area (Å²) in [7, 11) is 0. The van der Waals surface area contributed by atoms with Crippen LogP contribution < -0.4 is 0 Å². The Morgan fingerprint density at radius 1 is 1.25 bits per heavy atom. The van der Waals surface area contributed by atoms with Crippen molar-refractivity contribution >= 4 is 0 Å². The zero-order chi connectivity index (χ0) is 14.6. The quantitative estimate of drug-likeness (QED) is 0.857. The summed E-state index contributed by atoms with van der Waals surface area (Å²) in [6.07, 6.45) is 3.97. The van der Waals surface area contributed by atoms with Gasteiger partial charge in [0.05, 0.1) is 6.10 Å². The van der Waals surface area contributed by atoms with Gasteiger partial charge in [-0.1, -0.05) is 26.0 Å². The largest absolute Gasteiger partial charge is 0.388 e. The minimum absolute atomic E-state index is 0.254. The number of rotatable bonds is 6. The van der Waals surface area contributed by atoms with Gasteiger partial charge in [0.2, 0.25) is 0 Å². The predicted molar refractivity (Wildman–Crippen MR) is 80.0 cm³/mol. The molecule has 1 unspecified atom stereocenters. The maximum Gasteiger partial charge on any atom is 0.123 e. The van der Waals surface area contributed by atoms with Gasteiger partial charge in [0.1, 0.15) is 5.82 Å². The molecule has 1 heterocycles. The van der Waals surface area contributed by atoms with Crippen LogP contribution >= 0.6 is 0 Å². The second kappa shape index (κ2) is 6.68. The molecule has 1 aliphatic rings. The van der Waals surface area contributed by atoms with Crippen LogP contribution in [0.1, 0.15) is 51.2 Å². The Hall–Kier alpha value is -0.930. The molecule has 1 atom stereocenters. The van der Waals surface area contributed by atoms with E-state index >= 15 is 0 Å². The smallest absolute Gasteiger partial charge is 0.123 e. The van der Waals surface area contributed by atoms with Gasteiger partial charge in [-0.2, -0.15) is 0 Å². The lowest BCUT2D eigenvalue weighted by atomic mass is 9.82. The van der Waals surface area contributed by atoms with Crippen LogP contribution in [0.15, 0.2) is 24.3 Å². The summed E-state index contributed by atoms with van der Waals surface area (Å²) in [5.74, 6) is -0.254. The van der Waals surface area contributed by atoms with E-state index in [1.165, 1.54) is 31.4 Å². The first kappa shape index (κ1) is 15.5. The minimum atomic E-state index is -0.492. The fraction of sp³-hybridized carbons (Fsp3) is 0.647. The molecule has 1 aliphatic heterocycles. The lowest BCUT2D eigenvalue weighted by Gasteiger charge is -2.26. The van der Waals surface area contributed by atoms with Crippen molar-refractivity contribution in [2.45, 2.75) is 45.6 Å². The standard InChI is InChI=1S/C17H26FNO/c1-3-17(4-2)10-12-19(13-17)11-9-16(20)14-5-7-15(18)8-6-14/h5-8,16,20H,3-4,9-13H2,1-2H3. The molecule has 0 saturated carbocycles. The second-order valence-electron chi connectivity index (χ2n) is 6.09. The summed E-state index contributed by atoms with van der Waals surface area (Å²) in [5.41, 5.74) is 1.30. The Bertz CT molecular complexity index is 414. The van der Waals surface area contributed by atoms with Crippen LogP contribution in [0.5, 0.6) is 0 Å². The van der Waals surface area contributed by atoms with Gasteiger partial charge in [-0.15, -0.1) is 0 Å². The van der Waals surface area contributed by atoms with Crippen LogP contribution in [-0.4, -0.2) is 29.6 Å². The molecule has 0 aromatic heterocycles. The van der Waals surface area contributed by atoms with E-state index in [4.69, 9.17) is 0 Å². The van der Waals surface area contributed by atoms with Crippen molar-refractivity contribution in [3.8, 4) is 0 Å². The molecule has 0 bridgehead atoms. The lowest BCUT2D eigenvalue weighted by molar-refractivity contribution is 0.143. The number of likely N-dealkylation sites (tertiary alicyclic amines) is 1. The van der Waals surface area contributed by atoms with E-state index in [1.807, 2.05) is 0 Å². The van der Waals surface area contributed by atoms with Gasteiger partial charge < -0.3 is 10.0 Å². The maximum atomic E-state index is 12.9. The number of hydrogen-bond acceptors (Lipinski definition) is 2. The molecule has 1 N–H and O–H groups in total. The number of aliphatic hydroxyl groups is 1. The number of benzene rings is 1. The molecular formula is C17H26FNO. The molecule has 1 saturated heterocycles. The maximum absolute atomic E-state index is 12.9. The summed E-state index contributed by atoms with van der Waals surface area (Å²) in [6.45, 7) is 7.76. The Kier molecular flexibility index (Phi) is 5.17. The molecule has 3 heteroatoms. The highest BCUT2D eigenvalue weighted by Gasteiger charge is 2.34. The summed E-state index contributed by atoms with van der Waals surface area (Å²) in [6, 6.07) is 6.17. The zero-order valence-electron chi connectivity index (χ0n) is 12.6. The number of nitrogens with zero attached hydrogens (tertiary/aromatic N) is 1. The molecule has 112 valence electrons. The summed E-state index contributed by atoms with van der Waals surface area (Å²) in [4.78, 5) is 2.46. The fourth-order valence-corrected chi connectivity index (χ4v) is 3.20. The monoisotopic (exact) mass is 279 g/mol. The van der Waals surface area contributed by atoms with E-state index in [-0.39, 0.29) is 5.82 Å². The average molecular weight is 279 g/mol. The SMILES string of the molecule is CCC1(CC)CCN(CCC(O)c2ccc(F)cc2)C1. The molecule has 2 nitrogen and oxygen atoms in total. The van der Waals surface area contributed by atoms with Crippen molar-refractivity contribution < 1.29 is 9.50 Å². The first-order chi connectivity index (χ1) is 9.58. The first-order valence-corrected chi connectivity index (χ1v) is 7.74. The van der Waals surface area contributed by atoms with Crippen LogP contribution in [-0.2, 0) is 0 Å². The highest BCUT2D eigenvalue weighted by Crippen LogP contribution is 2.37. The Morgan fingerprint density at radius 3 is 2.45 bits per heavy atom. The van der Waals surface area contributed by atoms with E-state index in [9.17, 15) is 9.50 Å². The van der Waals surface area contributed by atoms with E-state index in [0.29, 0.717) is 5.41 Å². The highest BCUT2D eigenvalue weighted by molar-refractivity contribution is 5.18. The molecule has 1 aromatic carbocycles. The van der Waals surface area contributed by atoms with Crippen molar-refractivity contribution in [1.82, 2.24) is 4.90 Å². The van der Waals surface area contributed by atoms with Crippen LogP contribution in [0.4, 0.5) is 4.39 Å². The molecule has 0 aliphatic carbocycles. The van der Waals surface area contributed by atoms with Crippen molar-refractivity contribution in [1.29, 1.82) is 0 Å². The van der Waals surface area contributed by atoms with Gasteiger partial charge in [0, 0.05) is 13.1 Å². The number of hydrogen-bond donors (Lipinski definition) is 1. The zero-order valence-corrected chi connectivity index (χ0v) is 12.6. The second-order valence-corrected chi connectivity index (χ2v) is 6.09. The molecule has 2 rings (SSSR count). The highest BCUT2D eigenvalue weighted by atomic mass is 19.1. The van der Waals surface area contributed by atoms with Crippen molar-refractivity contribution in [3.05, 3.63) is 35.6 Å². The molecular weight excluding hydrogens is 253 g/mol. The Labute approximate surface area is 121 Å². The van der Waals surface area contributed by atoms with E-state index in [1.54, 1.807) is 12.1 Å². The minimum Gasteiger partial charge on any atom is -0.388 e. The lowest BCUT2D eigenvalue weighted by Crippen LogP contribution is -2.28. The molecule has 0 radical (unpaired) electrons. The van der Waals surface area contributed by atoms with Crippen molar-refractivity contribution in [3.63, 3.8) is 0 Å². The van der Waals surface area contributed by atoms with Gasteiger partial charge >= 0.3 is 0 Å². The van der Waals surface area contributed by atoms with Crippen LogP contribution in [0.2, 0.25) is 0 Å². The summed E-state index contributed by atoms with van der Waals surface area (Å²) < 4.78 is 12.9. The molecule has 0 spiro atoms. The Morgan fingerprint density at radius 2 is 1.90 bits per heavy atom. The third kappa shape index (κ3) is 3.58. The van der Waals surface area contributed by atoms with Crippen molar-refractivity contribution in [2.75, 3.05) is 19.6 Å². The summed E-state index contributed by atoms with van der Waals surface area (Å²) >= 11 is 0. The molecule has 1 aromatic rings. The first-order valence-electron chi connectivity index (χ1n) is 7.74. The van der Waals surface area contributed by atoms with Gasteiger partial charge in [0.15, 0.2) is 0 Å². The third-order valence-electron chi connectivity index (χ3n) is 4.99. The van der Waals surface area contributed by atoms with Crippen LogP contribution in [0, 0.1) is 11.2 Å². The Balaban J connectivity index is 1.82. The molecule has 20 heavy (non-hydrogen) atoms. The van der Waals surface area contributed by atoms with E-state index in [2.05, 4.69) is 18.7 Å². The topological polar surface area (TPSA) is 23.5 Å². The number of aliphatic hydroxyl groups excluding tert-OH is 1. The predicted octanol–water partition coefficient (Wildman–Crippen LogP) is 3.76. The number of halogens is 1. The van der Waals surface area contributed by atoms with Crippen molar-refractivity contribution in [2.24, 2.45) is 5.41 Å². The average Bonchev–Trinajstić information content (AvgIpc) is 2.90. The van der Waals surface area contributed by atoms with Crippen LogP contribution in [0.3, 0.4) is 0 Å². The molecule has 1 fully saturated rings.